The maximum absolute atomic E-state index is 12.3. The number of nitro groups is 1. The summed E-state index contributed by atoms with van der Waals surface area (Å²) in [6, 6.07) is 10.8. The lowest BCUT2D eigenvalue weighted by atomic mass is 10.1. The molecule has 2 atom stereocenters. The van der Waals surface area contributed by atoms with Crippen LogP contribution in [0.15, 0.2) is 42.6 Å². The second-order valence-electron chi connectivity index (χ2n) is 6.90. The van der Waals surface area contributed by atoms with Crippen molar-refractivity contribution in [3.8, 4) is 0 Å². The maximum Gasteiger partial charge on any atom is 0.275 e. The number of nitrogens with one attached hydrogen (secondary N) is 3. The van der Waals surface area contributed by atoms with Crippen LogP contribution < -0.4 is 15.5 Å². The Morgan fingerprint density at radius 1 is 1.30 bits per heavy atom. The molecule has 1 unspecified atom stereocenters. The summed E-state index contributed by atoms with van der Waals surface area (Å²) in [7, 11) is 2.05. The first-order valence-electron chi connectivity index (χ1n) is 9.25. The number of aryl methyl sites for hydroxylation is 1. The van der Waals surface area contributed by atoms with Gasteiger partial charge in [0.1, 0.15) is 6.04 Å². The number of anilines is 1. The third-order valence-corrected chi connectivity index (χ3v) is 5.07. The van der Waals surface area contributed by atoms with Gasteiger partial charge < -0.3 is 20.1 Å². The molecule has 0 aliphatic carbocycles. The van der Waals surface area contributed by atoms with E-state index in [1.807, 2.05) is 0 Å². The van der Waals surface area contributed by atoms with E-state index >= 15 is 0 Å². The van der Waals surface area contributed by atoms with E-state index in [4.69, 9.17) is 0 Å². The predicted molar refractivity (Wildman–Crippen MR) is 103 cm³/mol. The zero-order valence-electron chi connectivity index (χ0n) is 15.5. The number of non-ortho nitro benzene ring substituents is 1. The molecule has 27 heavy (non-hydrogen) atoms. The molecule has 3 rings (SSSR count). The van der Waals surface area contributed by atoms with Crippen molar-refractivity contribution in [3.05, 3.63) is 58.4 Å². The van der Waals surface area contributed by atoms with E-state index in [-0.39, 0.29) is 11.6 Å². The van der Waals surface area contributed by atoms with E-state index in [1.54, 1.807) is 12.1 Å². The topological polar surface area (TPSA) is 93.6 Å². The first-order valence-corrected chi connectivity index (χ1v) is 9.25. The number of carbonyl (C=O) groups is 1. The Morgan fingerprint density at radius 3 is 2.74 bits per heavy atom. The monoisotopic (exact) mass is 372 g/mol. The number of aromatic nitrogens is 1. The molecular formula is C19H26N5O3+. The Morgan fingerprint density at radius 2 is 2.07 bits per heavy atom. The quantitative estimate of drug-likeness (QED) is 0.364. The SMILES string of the molecule is Cn1cccc1[C@H]1CCC[NH+]1CC(=O)NCCNc1ccc([N+](=O)[O-])cc1. The van der Waals surface area contributed by atoms with Gasteiger partial charge in [-0.3, -0.25) is 14.9 Å². The van der Waals surface area contributed by atoms with Gasteiger partial charge in [0.2, 0.25) is 0 Å². The van der Waals surface area contributed by atoms with Crippen LogP contribution in [0.25, 0.3) is 0 Å². The highest BCUT2D eigenvalue weighted by atomic mass is 16.6. The van der Waals surface area contributed by atoms with E-state index in [1.165, 1.54) is 22.7 Å². The standard InChI is InChI=1S/C19H25N5O3/c1-22-12-2-4-17(22)18-5-3-13-23(18)14-19(25)21-11-10-20-15-6-8-16(9-7-15)24(26)27/h2,4,6-9,12,18,20H,3,5,10-11,13-14H2,1H3,(H,21,25)/p+1/t18-/m1/s1. The first kappa shape index (κ1) is 18.9. The Labute approximate surface area is 158 Å². The molecule has 0 radical (unpaired) electrons. The number of carbonyl (C=O) groups excluding carboxylic acids is 1. The molecule has 3 N–H and O–H groups in total. The predicted octanol–water partition coefficient (Wildman–Crippen LogP) is 0.881. The summed E-state index contributed by atoms with van der Waals surface area (Å²) in [4.78, 5) is 23.8. The van der Waals surface area contributed by atoms with Gasteiger partial charge in [-0.1, -0.05) is 0 Å². The Hall–Kier alpha value is -2.87. The van der Waals surface area contributed by atoms with Crippen LogP contribution in [0.5, 0.6) is 0 Å². The molecule has 0 bridgehead atoms. The molecule has 1 aromatic carbocycles. The van der Waals surface area contributed by atoms with Crippen molar-refractivity contribution < 1.29 is 14.6 Å². The van der Waals surface area contributed by atoms with Gasteiger partial charge in [-0.25, -0.2) is 0 Å². The molecule has 0 spiro atoms. The molecule has 0 saturated carbocycles. The normalized spacial score (nSPS) is 19.0. The minimum absolute atomic E-state index is 0.0524. The summed E-state index contributed by atoms with van der Waals surface area (Å²) in [6.45, 7) is 2.58. The van der Waals surface area contributed by atoms with Crippen molar-refractivity contribution in [2.75, 3.05) is 31.5 Å². The molecule has 1 aromatic heterocycles. The highest BCUT2D eigenvalue weighted by molar-refractivity contribution is 5.76. The van der Waals surface area contributed by atoms with E-state index in [2.05, 4.69) is 40.6 Å². The van der Waals surface area contributed by atoms with Crippen molar-refractivity contribution in [2.45, 2.75) is 18.9 Å². The largest absolute Gasteiger partial charge is 0.383 e. The summed E-state index contributed by atoms with van der Waals surface area (Å²) < 4.78 is 2.14. The smallest absolute Gasteiger partial charge is 0.275 e. The molecule has 2 aromatic rings. The Balaban J connectivity index is 1.40. The van der Waals surface area contributed by atoms with Crippen LogP contribution in [-0.4, -0.2) is 41.6 Å². The number of nitro benzene ring substituents is 1. The van der Waals surface area contributed by atoms with Gasteiger partial charge in [0, 0.05) is 57.0 Å². The molecule has 1 aliphatic rings. The van der Waals surface area contributed by atoms with Gasteiger partial charge in [0.15, 0.2) is 6.54 Å². The number of nitrogens with zero attached hydrogens (tertiary/aromatic N) is 2. The molecule has 144 valence electrons. The van der Waals surface area contributed by atoms with Gasteiger partial charge in [0.05, 0.1) is 17.2 Å². The van der Waals surface area contributed by atoms with E-state index in [9.17, 15) is 14.9 Å². The van der Waals surface area contributed by atoms with Crippen LogP contribution in [0.3, 0.4) is 0 Å². The average molecular weight is 372 g/mol. The van der Waals surface area contributed by atoms with Crippen LogP contribution in [0.4, 0.5) is 11.4 Å². The number of benzene rings is 1. The fourth-order valence-electron chi connectivity index (χ4n) is 3.70. The van der Waals surface area contributed by atoms with Crippen LogP contribution in [0.2, 0.25) is 0 Å². The number of quaternary nitrogens is 1. The maximum atomic E-state index is 12.3. The summed E-state index contributed by atoms with van der Waals surface area (Å²) in [5, 5.41) is 16.7. The van der Waals surface area contributed by atoms with Crippen molar-refractivity contribution in [2.24, 2.45) is 7.05 Å². The molecule has 2 heterocycles. The van der Waals surface area contributed by atoms with Crippen molar-refractivity contribution in [1.82, 2.24) is 9.88 Å². The third-order valence-electron chi connectivity index (χ3n) is 5.07. The molecule has 1 saturated heterocycles. The lowest BCUT2D eigenvalue weighted by molar-refractivity contribution is -0.911. The lowest BCUT2D eigenvalue weighted by Crippen LogP contribution is -3.11. The van der Waals surface area contributed by atoms with Gasteiger partial charge >= 0.3 is 0 Å². The Kier molecular flexibility index (Phi) is 6.08. The fourth-order valence-corrected chi connectivity index (χ4v) is 3.70. The van der Waals surface area contributed by atoms with Gasteiger partial charge in [0.25, 0.3) is 11.6 Å². The van der Waals surface area contributed by atoms with Crippen LogP contribution in [-0.2, 0) is 11.8 Å². The Bertz CT molecular complexity index is 787. The first-order chi connectivity index (χ1) is 13.0. The van der Waals surface area contributed by atoms with Gasteiger partial charge in [-0.15, -0.1) is 0 Å². The highest BCUT2D eigenvalue weighted by Crippen LogP contribution is 2.18. The van der Waals surface area contributed by atoms with Crippen LogP contribution in [0.1, 0.15) is 24.6 Å². The summed E-state index contributed by atoms with van der Waals surface area (Å²) in [5.41, 5.74) is 2.15. The number of hydrogen-bond donors (Lipinski definition) is 3. The highest BCUT2D eigenvalue weighted by Gasteiger charge is 2.32. The van der Waals surface area contributed by atoms with Crippen LogP contribution in [0, 0.1) is 10.1 Å². The molecule has 8 heteroatoms. The van der Waals surface area contributed by atoms with E-state index in [0.717, 1.165) is 25.1 Å². The molecule has 1 aliphatic heterocycles. The third kappa shape index (κ3) is 4.85. The second-order valence-corrected chi connectivity index (χ2v) is 6.90. The van der Waals surface area contributed by atoms with Crippen molar-refractivity contribution >= 4 is 17.3 Å². The van der Waals surface area contributed by atoms with Gasteiger partial charge in [-0.05, 0) is 24.3 Å². The van der Waals surface area contributed by atoms with Crippen molar-refractivity contribution in [3.63, 3.8) is 0 Å². The number of rotatable bonds is 8. The molecular weight excluding hydrogens is 346 g/mol. The zero-order chi connectivity index (χ0) is 19.2. The minimum atomic E-state index is -0.423. The van der Waals surface area contributed by atoms with Crippen molar-refractivity contribution in [1.29, 1.82) is 0 Å². The van der Waals surface area contributed by atoms with Crippen LogP contribution >= 0.6 is 0 Å². The summed E-state index contributed by atoms with van der Waals surface area (Å²) in [5.74, 6) is 0.0524. The number of likely N-dealkylation sites (tertiary alicyclic amines) is 1. The van der Waals surface area contributed by atoms with Gasteiger partial charge in [-0.2, -0.15) is 0 Å². The molecule has 1 amide bonds. The zero-order valence-corrected chi connectivity index (χ0v) is 15.5. The number of amides is 1. The minimum Gasteiger partial charge on any atom is -0.383 e. The second kappa shape index (κ2) is 8.68. The molecule has 8 nitrogen and oxygen atoms in total. The number of hydrogen-bond acceptors (Lipinski definition) is 4. The van der Waals surface area contributed by atoms with E-state index < -0.39 is 4.92 Å². The summed E-state index contributed by atoms with van der Waals surface area (Å²) in [6.07, 6.45) is 4.30. The average Bonchev–Trinajstić information content (AvgIpc) is 3.27. The van der Waals surface area contributed by atoms with E-state index in [0.29, 0.717) is 25.7 Å². The molecule has 1 fully saturated rings. The fraction of sp³-hybridized carbons (Fsp3) is 0.421. The lowest BCUT2D eigenvalue weighted by Gasteiger charge is -2.21. The summed E-state index contributed by atoms with van der Waals surface area (Å²) >= 11 is 0.